The zero-order chi connectivity index (χ0) is 13.4. The lowest BCUT2D eigenvalue weighted by Crippen LogP contribution is -2.36. The van der Waals surface area contributed by atoms with Crippen molar-refractivity contribution in [3.63, 3.8) is 0 Å². The molecule has 1 amide bonds. The molecule has 0 heterocycles. The minimum absolute atomic E-state index is 0.117. The molecule has 1 unspecified atom stereocenters. The van der Waals surface area contributed by atoms with Gasteiger partial charge in [0.05, 0.1) is 6.54 Å². The van der Waals surface area contributed by atoms with Gasteiger partial charge < -0.3 is 15.7 Å². The minimum atomic E-state index is -0.117. The number of amides is 1. The van der Waals surface area contributed by atoms with Gasteiger partial charge in [-0.05, 0) is 31.0 Å². The van der Waals surface area contributed by atoms with Gasteiger partial charge in [-0.2, -0.15) is 0 Å². The lowest BCUT2D eigenvalue weighted by Gasteiger charge is -2.15. The molecule has 1 atom stereocenters. The van der Waals surface area contributed by atoms with Crippen molar-refractivity contribution >= 4 is 23.2 Å². The molecule has 0 aliphatic carbocycles. The average Bonchev–Trinajstić information content (AvgIpc) is 2.34. The zero-order valence-corrected chi connectivity index (χ0v) is 11.2. The van der Waals surface area contributed by atoms with E-state index in [-0.39, 0.29) is 25.1 Å². The number of rotatable bonds is 7. The molecule has 5 heteroatoms. The Morgan fingerprint density at radius 2 is 2.28 bits per heavy atom. The van der Waals surface area contributed by atoms with E-state index in [0.29, 0.717) is 17.1 Å². The standard InChI is InChI=1S/C13H19ClN2O2/c1-2-11(6-7-17)15-9-13(18)16-12-5-3-4-10(14)8-12/h3-5,8,11,15,17H,2,6-7,9H2,1H3,(H,16,18). The van der Waals surface area contributed by atoms with Crippen molar-refractivity contribution in [2.24, 2.45) is 0 Å². The second kappa shape index (κ2) is 8.08. The van der Waals surface area contributed by atoms with Gasteiger partial charge in [-0.3, -0.25) is 4.79 Å². The maximum absolute atomic E-state index is 11.7. The van der Waals surface area contributed by atoms with Gasteiger partial charge in [0, 0.05) is 23.4 Å². The summed E-state index contributed by atoms with van der Waals surface area (Å²) in [5, 5.41) is 15.3. The van der Waals surface area contributed by atoms with Gasteiger partial charge in [0.25, 0.3) is 0 Å². The molecule has 0 aliphatic rings. The van der Waals surface area contributed by atoms with Crippen LogP contribution in [-0.4, -0.2) is 30.2 Å². The topological polar surface area (TPSA) is 61.4 Å². The highest BCUT2D eigenvalue weighted by molar-refractivity contribution is 6.30. The van der Waals surface area contributed by atoms with Crippen LogP contribution < -0.4 is 10.6 Å². The molecule has 0 aliphatic heterocycles. The molecule has 1 aromatic carbocycles. The van der Waals surface area contributed by atoms with Gasteiger partial charge in [0.2, 0.25) is 5.91 Å². The third-order valence-electron chi connectivity index (χ3n) is 2.63. The van der Waals surface area contributed by atoms with Crippen LogP contribution in [0.3, 0.4) is 0 Å². The maximum atomic E-state index is 11.7. The average molecular weight is 271 g/mol. The van der Waals surface area contributed by atoms with Crippen LogP contribution in [0.2, 0.25) is 5.02 Å². The molecule has 18 heavy (non-hydrogen) atoms. The second-order valence-electron chi connectivity index (χ2n) is 4.06. The van der Waals surface area contributed by atoms with E-state index in [1.54, 1.807) is 24.3 Å². The largest absolute Gasteiger partial charge is 0.396 e. The first-order valence-corrected chi connectivity index (χ1v) is 6.43. The van der Waals surface area contributed by atoms with Crippen molar-refractivity contribution in [1.29, 1.82) is 0 Å². The third-order valence-corrected chi connectivity index (χ3v) is 2.87. The highest BCUT2D eigenvalue weighted by Crippen LogP contribution is 2.14. The molecule has 0 bridgehead atoms. The van der Waals surface area contributed by atoms with E-state index >= 15 is 0 Å². The van der Waals surface area contributed by atoms with Gasteiger partial charge in [0.15, 0.2) is 0 Å². The Morgan fingerprint density at radius 3 is 2.89 bits per heavy atom. The summed E-state index contributed by atoms with van der Waals surface area (Å²) < 4.78 is 0. The predicted molar refractivity (Wildman–Crippen MR) is 73.9 cm³/mol. The van der Waals surface area contributed by atoms with Crippen molar-refractivity contribution < 1.29 is 9.90 Å². The Balaban J connectivity index is 2.37. The zero-order valence-electron chi connectivity index (χ0n) is 10.4. The first-order valence-electron chi connectivity index (χ1n) is 6.05. The number of halogens is 1. The summed E-state index contributed by atoms with van der Waals surface area (Å²) >= 11 is 5.82. The summed E-state index contributed by atoms with van der Waals surface area (Å²) in [6, 6.07) is 7.19. The number of carbonyl (C=O) groups excluding carboxylic acids is 1. The van der Waals surface area contributed by atoms with Crippen molar-refractivity contribution in [2.75, 3.05) is 18.5 Å². The summed E-state index contributed by atoms with van der Waals surface area (Å²) in [4.78, 5) is 11.7. The van der Waals surface area contributed by atoms with E-state index in [0.717, 1.165) is 6.42 Å². The first kappa shape index (κ1) is 15.0. The molecule has 0 saturated heterocycles. The van der Waals surface area contributed by atoms with E-state index in [9.17, 15) is 4.79 Å². The molecule has 100 valence electrons. The van der Waals surface area contributed by atoms with Crippen LogP contribution in [0, 0.1) is 0 Å². The monoisotopic (exact) mass is 270 g/mol. The van der Waals surface area contributed by atoms with Crippen molar-refractivity contribution in [3.8, 4) is 0 Å². The SMILES string of the molecule is CCC(CCO)NCC(=O)Nc1cccc(Cl)c1. The number of anilines is 1. The number of hydrogen-bond acceptors (Lipinski definition) is 3. The maximum Gasteiger partial charge on any atom is 0.238 e. The van der Waals surface area contributed by atoms with Crippen LogP contribution in [0.4, 0.5) is 5.69 Å². The first-order chi connectivity index (χ1) is 8.65. The van der Waals surface area contributed by atoms with Crippen molar-refractivity contribution in [1.82, 2.24) is 5.32 Å². The number of benzene rings is 1. The molecule has 0 fully saturated rings. The lowest BCUT2D eigenvalue weighted by atomic mass is 10.1. The smallest absolute Gasteiger partial charge is 0.238 e. The quantitative estimate of drug-likeness (QED) is 0.710. The molecular weight excluding hydrogens is 252 g/mol. The normalized spacial score (nSPS) is 12.2. The summed E-state index contributed by atoms with van der Waals surface area (Å²) in [7, 11) is 0. The predicted octanol–water partition coefficient (Wildman–Crippen LogP) is 2.03. The molecule has 0 aromatic heterocycles. The molecule has 3 N–H and O–H groups in total. The molecule has 1 aromatic rings. The van der Waals surface area contributed by atoms with Crippen LogP contribution in [0.1, 0.15) is 19.8 Å². The number of carbonyl (C=O) groups is 1. The minimum Gasteiger partial charge on any atom is -0.396 e. The van der Waals surface area contributed by atoms with Gasteiger partial charge in [-0.15, -0.1) is 0 Å². The van der Waals surface area contributed by atoms with Crippen molar-refractivity contribution in [3.05, 3.63) is 29.3 Å². The van der Waals surface area contributed by atoms with Crippen LogP contribution in [0.5, 0.6) is 0 Å². The van der Waals surface area contributed by atoms with Crippen LogP contribution in [-0.2, 0) is 4.79 Å². The second-order valence-corrected chi connectivity index (χ2v) is 4.49. The van der Waals surface area contributed by atoms with Crippen molar-refractivity contribution in [2.45, 2.75) is 25.8 Å². The van der Waals surface area contributed by atoms with Gasteiger partial charge in [-0.1, -0.05) is 24.6 Å². The summed E-state index contributed by atoms with van der Waals surface area (Å²) in [5.41, 5.74) is 0.685. The molecule has 0 saturated carbocycles. The van der Waals surface area contributed by atoms with Crippen LogP contribution in [0.25, 0.3) is 0 Å². The number of hydrogen-bond donors (Lipinski definition) is 3. The summed E-state index contributed by atoms with van der Waals surface area (Å²) in [6.07, 6.45) is 1.53. The Kier molecular flexibility index (Phi) is 6.72. The number of nitrogens with one attached hydrogen (secondary N) is 2. The Bertz CT molecular complexity index is 385. The molecule has 0 radical (unpaired) electrons. The number of aliphatic hydroxyl groups is 1. The van der Waals surface area contributed by atoms with Gasteiger partial charge in [0.1, 0.15) is 0 Å². The highest BCUT2D eigenvalue weighted by Gasteiger charge is 2.08. The van der Waals surface area contributed by atoms with Gasteiger partial charge >= 0.3 is 0 Å². The van der Waals surface area contributed by atoms with E-state index in [1.807, 2.05) is 6.92 Å². The molecule has 4 nitrogen and oxygen atoms in total. The van der Waals surface area contributed by atoms with E-state index in [2.05, 4.69) is 10.6 Å². The fourth-order valence-corrected chi connectivity index (χ4v) is 1.81. The molecule has 1 rings (SSSR count). The highest BCUT2D eigenvalue weighted by atomic mass is 35.5. The molecule has 0 spiro atoms. The van der Waals surface area contributed by atoms with Crippen LogP contribution >= 0.6 is 11.6 Å². The van der Waals surface area contributed by atoms with E-state index < -0.39 is 0 Å². The van der Waals surface area contributed by atoms with E-state index in [1.165, 1.54) is 0 Å². The molecular formula is C13H19ClN2O2. The number of aliphatic hydroxyl groups excluding tert-OH is 1. The summed E-state index contributed by atoms with van der Waals surface area (Å²) in [5.74, 6) is -0.117. The van der Waals surface area contributed by atoms with E-state index in [4.69, 9.17) is 16.7 Å². The fraction of sp³-hybridized carbons (Fsp3) is 0.462. The third kappa shape index (κ3) is 5.49. The Hall–Kier alpha value is -1.10. The van der Waals surface area contributed by atoms with Gasteiger partial charge in [-0.25, -0.2) is 0 Å². The Labute approximate surface area is 112 Å². The van der Waals surface area contributed by atoms with Crippen LogP contribution in [0.15, 0.2) is 24.3 Å². The fourth-order valence-electron chi connectivity index (χ4n) is 1.61. The lowest BCUT2D eigenvalue weighted by molar-refractivity contribution is -0.115. The Morgan fingerprint density at radius 1 is 1.50 bits per heavy atom. The summed E-state index contributed by atoms with van der Waals surface area (Å²) in [6.45, 7) is 2.37.